The molecule has 280 valence electrons. The third kappa shape index (κ3) is 4.46. The summed E-state index contributed by atoms with van der Waals surface area (Å²) in [6.07, 6.45) is 2.22. The van der Waals surface area contributed by atoms with Crippen molar-refractivity contribution in [1.29, 1.82) is 0 Å². The van der Waals surface area contributed by atoms with Crippen LogP contribution in [0.25, 0.3) is 33.4 Å². The van der Waals surface area contributed by atoms with E-state index in [1.165, 1.54) is 101 Å². The van der Waals surface area contributed by atoms with Gasteiger partial charge < -0.3 is 4.90 Å². The van der Waals surface area contributed by atoms with Gasteiger partial charge in [0.15, 0.2) is 0 Å². The summed E-state index contributed by atoms with van der Waals surface area (Å²) in [7, 11) is 0. The monoisotopic (exact) mass is 737 g/mol. The lowest BCUT2D eigenvalue weighted by Crippen LogP contribution is -2.39. The molecule has 0 amide bonds. The standard InChI is InChI=1S/C56H51N/c1-34-21-22-35(2)52-51(34)53(3,4)29-30-56(52)47-20-14-11-17-41(47)44-28-25-38(33-50(44)56)57(36-23-26-42-39-15-9-12-18-45(39)54(5,6)48(42)31-36)37-24-27-43-40-16-10-13-19-46(40)55(7,8)49(43)32-37/h9-28,31-33H,29-30H2,1-8H3. The van der Waals surface area contributed by atoms with Crippen molar-refractivity contribution in [2.75, 3.05) is 4.90 Å². The molecule has 7 aromatic rings. The second-order valence-electron chi connectivity index (χ2n) is 19.2. The molecule has 0 saturated carbocycles. The predicted octanol–water partition coefficient (Wildman–Crippen LogP) is 14.8. The van der Waals surface area contributed by atoms with Gasteiger partial charge in [-0.2, -0.15) is 0 Å². The summed E-state index contributed by atoms with van der Waals surface area (Å²) in [6, 6.07) is 53.9. The van der Waals surface area contributed by atoms with Gasteiger partial charge in [0, 0.05) is 33.3 Å². The maximum Gasteiger partial charge on any atom is 0.0470 e. The number of hydrogen-bond donors (Lipinski definition) is 0. The fourth-order valence-corrected chi connectivity index (χ4v) is 12.1. The Bertz CT molecular complexity index is 2760. The molecule has 0 radical (unpaired) electrons. The van der Waals surface area contributed by atoms with Crippen LogP contribution in [0.4, 0.5) is 17.1 Å². The molecule has 0 aromatic heterocycles. The highest BCUT2D eigenvalue weighted by Gasteiger charge is 2.51. The lowest BCUT2D eigenvalue weighted by molar-refractivity contribution is 0.365. The highest BCUT2D eigenvalue weighted by atomic mass is 15.1. The lowest BCUT2D eigenvalue weighted by atomic mass is 9.56. The van der Waals surface area contributed by atoms with Crippen molar-refractivity contribution in [3.05, 3.63) is 195 Å². The minimum Gasteiger partial charge on any atom is -0.310 e. The molecule has 0 fully saturated rings. The molecule has 1 nitrogen and oxygen atoms in total. The van der Waals surface area contributed by atoms with Gasteiger partial charge in [-0.15, -0.1) is 0 Å². The second kappa shape index (κ2) is 11.5. The molecule has 4 aliphatic rings. The van der Waals surface area contributed by atoms with Crippen LogP contribution in [0.3, 0.4) is 0 Å². The van der Waals surface area contributed by atoms with Crippen LogP contribution in [0.15, 0.2) is 140 Å². The number of anilines is 3. The van der Waals surface area contributed by atoms with E-state index in [0.717, 1.165) is 12.8 Å². The Morgan fingerprint density at radius 1 is 0.368 bits per heavy atom. The molecule has 1 spiro atoms. The molecular formula is C56H51N. The first-order valence-electron chi connectivity index (χ1n) is 21.0. The van der Waals surface area contributed by atoms with Crippen LogP contribution in [0.5, 0.6) is 0 Å². The molecule has 1 heteroatoms. The maximum atomic E-state index is 2.58. The van der Waals surface area contributed by atoms with E-state index in [4.69, 9.17) is 0 Å². The van der Waals surface area contributed by atoms with Crippen molar-refractivity contribution in [2.45, 2.75) is 89.9 Å². The third-order valence-electron chi connectivity index (χ3n) is 14.9. The maximum absolute atomic E-state index is 2.58. The first-order chi connectivity index (χ1) is 27.3. The van der Waals surface area contributed by atoms with Crippen LogP contribution < -0.4 is 4.90 Å². The Hall–Kier alpha value is -5.66. The topological polar surface area (TPSA) is 3.24 Å². The smallest absolute Gasteiger partial charge is 0.0470 e. The van der Waals surface area contributed by atoms with Gasteiger partial charge in [0.2, 0.25) is 0 Å². The van der Waals surface area contributed by atoms with Gasteiger partial charge in [-0.1, -0.05) is 145 Å². The summed E-state index contributed by atoms with van der Waals surface area (Å²) in [4.78, 5) is 2.56. The normalized spacial score (nSPS) is 19.2. The van der Waals surface area contributed by atoms with Crippen molar-refractivity contribution >= 4 is 17.1 Å². The summed E-state index contributed by atoms with van der Waals surface area (Å²) in [5, 5.41) is 0. The Morgan fingerprint density at radius 3 is 1.26 bits per heavy atom. The van der Waals surface area contributed by atoms with Gasteiger partial charge in [-0.3, -0.25) is 0 Å². The molecule has 1 unspecified atom stereocenters. The van der Waals surface area contributed by atoms with Gasteiger partial charge in [-0.25, -0.2) is 0 Å². The quantitative estimate of drug-likeness (QED) is 0.175. The molecule has 0 heterocycles. The van der Waals surface area contributed by atoms with Crippen LogP contribution in [-0.4, -0.2) is 0 Å². The fraction of sp³-hybridized carbons (Fsp3) is 0.250. The van der Waals surface area contributed by atoms with Gasteiger partial charge in [-0.05, 0) is 158 Å². The lowest BCUT2D eigenvalue weighted by Gasteiger charge is -2.47. The average molecular weight is 738 g/mol. The highest BCUT2D eigenvalue weighted by Crippen LogP contribution is 2.62. The molecule has 4 aliphatic carbocycles. The van der Waals surface area contributed by atoms with Crippen LogP contribution in [0, 0.1) is 13.8 Å². The summed E-state index contributed by atoms with van der Waals surface area (Å²) < 4.78 is 0. The van der Waals surface area contributed by atoms with E-state index < -0.39 is 0 Å². The number of rotatable bonds is 3. The summed E-state index contributed by atoms with van der Waals surface area (Å²) in [5.74, 6) is 0. The van der Waals surface area contributed by atoms with E-state index in [2.05, 4.69) is 200 Å². The molecular weight excluding hydrogens is 687 g/mol. The van der Waals surface area contributed by atoms with Crippen molar-refractivity contribution in [3.8, 4) is 33.4 Å². The number of nitrogens with zero attached hydrogens (tertiary/aromatic N) is 1. The number of benzene rings is 7. The van der Waals surface area contributed by atoms with Gasteiger partial charge >= 0.3 is 0 Å². The molecule has 0 saturated heterocycles. The zero-order valence-electron chi connectivity index (χ0n) is 34.6. The first kappa shape index (κ1) is 34.6. The Kier molecular flexibility index (Phi) is 6.96. The number of aryl methyl sites for hydroxylation is 2. The van der Waals surface area contributed by atoms with E-state index in [9.17, 15) is 0 Å². The zero-order chi connectivity index (χ0) is 39.2. The molecule has 0 aliphatic heterocycles. The van der Waals surface area contributed by atoms with Gasteiger partial charge in [0.25, 0.3) is 0 Å². The highest BCUT2D eigenvalue weighted by molar-refractivity contribution is 5.91. The molecule has 7 aromatic carbocycles. The largest absolute Gasteiger partial charge is 0.310 e. The van der Waals surface area contributed by atoms with Gasteiger partial charge in [0.1, 0.15) is 0 Å². The first-order valence-corrected chi connectivity index (χ1v) is 21.0. The van der Waals surface area contributed by atoms with Crippen molar-refractivity contribution in [3.63, 3.8) is 0 Å². The van der Waals surface area contributed by atoms with Crippen LogP contribution in [-0.2, 0) is 21.7 Å². The van der Waals surface area contributed by atoms with E-state index >= 15 is 0 Å². The minimum absolute atomic E-state index is 0.0988. The summed E-state index contributed by atoms with van der Waals surface area (Å²) in [6.45, 7) is 19.2. The minimum atomic E-state index is -0.225. The van der Waals surface area contributed by atoms with Crippen molar-refractivity contribution in [2.24, 2.45) is 0 Å². The van der Waals surface area contributed by atoms with Crippen molar-refractivity contribution in [1.82, 2.24) is 0 Å². The van der Waals surface area contributed by atoms with E-state index in [-0.39, 0.29) is 21.7 Å². The van der Waals surface area contributed by atoms with Gasteiger partial charge in [0.05, 0.1) is 0 Å². The third-order valence-corrected chi connectivity index (χ3v) is 14.9. The Balaban J connectivity index is 1.17. The molecule has 11 rings (SSSR count). The summed E-state index contributed by atoms with van der Waals surface area (Å²) >= 11 is 0. The van der Waals surface area contributed by atoms with E-state index in [1.54, 1.807) is 5.56 Å². The Morgan fingerprint density at radius 2 is 0.754 bits per heavy atom. The number of fused-ring (bicyclic) bond motifs is 13. The van der Waals surface area contributed by atoms with E-state index in [1.807, 2.05) is 0 Å². The summed E-state index contributed by atoms with van der Waals surface area (Å²) in [5.41, 5.74) is 25.8. The molecule has 0 bridgehead atoms. The predicted molar refractivity (Wildman–Crippen MR) is 240 cm³/mol. The average Bonchev–Trinajstić information content (AvgIpc) is 3.72. The molecule has 0 N–H and O–H groups in total. The van der Waals surface area contributed by atoms with Crippen LogP contribution >= 0.6 is 0 Å². The zero-order valence-corrected chi connectivity index (χ0v) is 34.6. The van der Waals surface area contributed by atoms with Crippen LogP contribution in [0.2, 0.25) is 0 Å². The SMILES string of the molecule is Cc1ccc(C)c2c1C(C)(C)CCC21c2ccccc2-c2ccc(N(c3ccc4c(c3)C(C)(C)c3ccccc3-4)c3ccc4c(c3)C(C)(C)c3ccccc3-4)cc21. The molecule has 57 heavy (non-hydrogen) atoms. The molecule has 1 atom stereocenters. The fourth-order valence-electron chi connectivity index (χ4n) is 12.1. The van der Waals surface area contributed by atoms with E-state index in [0.29, 0.717) is 0 Å². The second-order valence-corrected chi connectivity index (χ2v) is 19.2. The Labute approximate surface area is 339 Å². The van der Waals surface area contributed by atoms with Crippen molar-refractivity contribution < 1.29 is 0 Å². The van der Waals surface area contributed by atoms with Crippen LogP contribution in [0.1, 0.15) is 110 Å². The number of hydrogen-bond acceptors (Lipinski definition) is 1.